The Balaban J connectivity index is 2.52. The molecule has 0 unspecified atom stereocenters. The maximum absolute atomic E-state index is 5.94. The average Bonchev–Trinajstić information content (AvgIpc) is 2.26. The van der Waals surface area contributed by atoms with Gasteiger partial charge in [-0.2, -0.15) is 0 Å². The normalized spacial score (nSPS) is 10.5. The largest absolute Gasteiger partial charge is 0.261 e. The van der Waals surface area contributed by atoms with E-state index in [0.29, 0.717) is 19.7 Å². The third-order valence-electron chi connectivity index (χ3n) is 1.94. The average molecular weight is 366 g/mol. The van der Waals surface area contributed by atoms with Gasteiger partial charge in [0.15, 0.2) is 5.82 Å². The van der Waals surface area contributed by atoms with Crippen LogP contribution in [-0.2, 0) is 0 Å². The second-order valence-corrected chi connectivity index (χ2v) is 4.93. The molecule has 0 bridgehead atoms. The number of aromatic nitrogens is 3. The standard InChI is InChI=1S/C10H6Cl2IN3/c1-5-2-3-6(4-14-5)10-15-8(11)7(13)9(12)16-10/h2-4H,1H3. The van der Waals surface area contributed by atoms with Gasteiger partial charge in [-0.1, -0.05) is 23.2 Å². The highest BCUT2D eigenvalue weighted by molar-refractivity contribution is 14.1. The van der Waals surface area contributed by atoms with Gasteiger partial charge in [-0.15, -0.1) is 0 Å². The molecule has 0 aliphatic heterocycles. The third-order valence-corrected chi connectivity index (χ3v) is 4.15. The molecule has 2 aromatic rings. The van der Waals surface area contributed by atoms with E-state index in [-0.39, 0.29) is 0 Å². The number of hydrogen-bond donors (Lipinski definition) is 0. The molecule has 2 heterocycles. The Bertz CT molecular complexity index is 505. The summed E-state index contributed by atoms with van der Waals surface area (Å²) in [6, 6.07) is 3.77. The number of aryl methyl sites for hydroxylation is 1. The van der Waals surface area contributed by atoms with Crippen molar-refractivity contribution in [1.29, 1.82) is 0 Å². The van der Waals surface area contributed by atoms with E-state index in [1.54, 1.807) is 6.20 Å². The van der Waals surface area contributed by atoms with Crippen LogP contribution in [0.25, 0.3) is 11.4 Å². The first-order chi connectivity index (χ1) is 7.58. The van der Waals surface area contributed by atoms with Crippen LogP contribution in [0.5, 0.6) is 0 Å². The van der Waals surface area contributed by atoms with Crippen LogP contribution in [-0.4, -0.2) is 15.0 Å². The van der Waals surface area contributed by atoms with Gasteiger partial charge in [0.2, 0.25) is 0 Å². The lowest BCUT2D eigenvalue weighted by atomic mass is 10.2. The zero-order chi connectivity index (χ0) is 11.7. The number of hydrogen-bond acceptors (Lipinski definition) is 3. The van der Waals surface area contributed by atoms with Crippen molar-refractivity contribution in [3.8, 4) is 11.4 Å². The molecule has 0 aliphatic carbocycles. The van der Waals surface area contributed by atoms with E-state index in [2.05, 4.69) is 15.0 Å². The molecule has 0 saturated carbocycles. The van der Waals surface area contributed by atoms with Crippen LogP contribution in [0.2, 0.25) is 10.3 Å². The van der Waals surface area contributed by atoms with Crippen LogP contribution >= 0.6 is 45.8 Å². The molecule has 0 aromatic carbocycles. The quantitative estimate of drug-likeness (QED) is 0.570. The number of pyridine rings is 1. The van der Waals surface area contributed by atoms with Crippen LogP contribution in [0.4, 0.5) is 0 Å². The van der Waals surface area contributed by atoms with Gasteiger partial charge < -0.3 is 0 Å². The molecule has 0 radical (unpaired) electrons. The lowest BCUT2D eigenvalue weighted by Crippen LogP contribution is -1.94. The zero-order valence-electron chi connectivity index (χ0n) is 8.21. The highest BCUT2D eigenvalue weighted by Crippen LogP contribution is 2.26. The van der Waals surface area contributed by atoms with Crippen molar-refractivity contribution in [3.63, 3.8) is 0 Å². The van der Waals surface area contributed by atoms with Crippen molar-refractivity contribution in [3.05, 3.63) is 37.9 Å². The maximum Gasteiger partial charge on any atom is 0.164 e. The fourth-order valence-corrected chi connectivity index (χ4v) is 1.75. The van der Waals surface area contributed by atoms with E-state index in [9.17, 15) is 0 Å². The first-order valence-corrected chi connectivity index (χ1v) is 6.23. The molecule has 2 rings (SSSR count). The Morgan fingerprint density at radius 1 is 1.12 bits per heavy atom. The van der Waals surface area contributed by atoms with Crippen molar-refractivity contribution in [2.75, 3.05) is 0 Å². The van der Waals surface area contributed by atoms with Gasteiger partial charge in [0.1, 0.15) is 10.3 Å². The summed E-state index contributed by atoms with van der Waals surface area (Å²) in [5.74, 6) is 0.489. The maximum atomic E-state index is 5.94. The SMILES string of the molecule is Cc1ccc(-c2nc(Cl)c(I)c(Cl)n2)cn1. The zero-order valence-corrected chi connectivity index (χ0v) is 11.9. The minimum absolute atomic E-state index is 0.358. The van der Waals surface area contributed by atoms with E-state index in [4.69, 9.17) is 23.2 Å². The minimum atomic E-state index is 0.358. The van der Waals surface area contributed by atoms with Crippen molar-refractivity contribution >= 4 is 45.8 Å². The van der Waals surface area contributed by atoms with Crippen molar-refractivity contribution < 1.29 is 0 Å². The van der Waals surface area contributed by atoms with Crippen LogP contribution < -0.4 is 0 Å². The van der Waals surface area contributed by atoms with Crippen LogP contribution in [0.1, 0.15) is 5.69 Å². The number of rotatable bonds is 1. The Hall–Kier alpha value is -0.460. The van der Waals surface area contributed by atoms with Gasteiger partial charge in [0.05, 0.1) is 3.57 Å². The van der Waals surface area contributed by atoms with E-state index in [1.165, 1.54) is 0 Å². The highest BCUT2D eigenvalue weighted by atomic mass is 127. The molecular formula is C10H6Cl2IN3. The summed E-state index contributed by atoms with van der Waals surface area (Å²) in [6.07, 6.45) is 1.70. The molecule has 2 aromatic heterocycles. The van der Waals surface area contributed by atoms with Gasteiger partial charge >= 0.3 is 0 Å². The highest BCUT2D eigenvalue weighted by Gasteiger charge is 2.10. The summed E-state index contributed by atoms with van der Waals surface area (Å²) in [7, 11) is 0. The Morgan fingerprint density at radius 2 is 1.75 bits per heavy atom. The fraction of sp³-hybridized carbons (Fsp3) is 0.100. The Labute approximate surface area is 116 Å². The third kappa shape index (κ3) is 2.44. The second kappa shape index (κ2) is 4.81. The molecule has 3 nitrogen and oxygen atoms in total. The van der Waals surface area contributed by atoms with E-state index in [1.807, 2.05) is 41.6 Å². The molecule has 0 atom stereocenters. The summed E-state index contributed by atoms with van der Waals surface area (Å²) in [5.41, 5.74) is 1.73. The summed E-state index contributed by atoms with van der Waals surface area (Å²) in [5, 5.41) is 0.715. The molecule has 0 spiro atoms. The molecule has 16 heavy (non-hydrogen) atoms. The summed E-state index contributed by atoms with van der Waals surface area (Å²) in [4.78, 5) is 12.5. The van der Waals surface area contributed by atoms with Gasteiger partial charge in [0, 0.05) is 17.5 Å². The molecular weight excluding hydrogens is 360 g/mol. The van der Waals surface area contributed by atoms with Gasteiger partial charge in [0.25, 0.3) is 0 Å². The fourth-order valence-electron chi connectivity index (χ4n) is 1.12. The smallest absolute Gasteiger partial charge is 0.164 e. The monoisotopic (exact) mass is 365 g/mol. The molecule has 6 heteroatoms. The van der Waals surface area contributed by atoms with Crippen molar-refractivity contribution in [1.82, 2.24) is 15.0 Å². The van der Waals surface area contributed by atoms with E-state index >= 15 is 0 Å². The predicted octanol–water partition coefficient (Wildman–Crippen LogP) is 3.76. The summed E-state index contributed by atoms with van der Waals surface area (Å²) in [6.45, 7) is 1.92. The summed E-state index contributed by atoms with van der Waals surface area (Å²) < 4.78 is 0.657. The second-order valence-electron chi connectivity index (χ2n) is 3.13. The predicted molar refractivity (Wildman–Crippen MR) is 72.7 cm³/mol. The van der Waals surface area contributed by atoms with Gasteiger partial charge in [-0.25, -0.2) is 9.97 Å². The molecule has 0 saturated heterocycles. The van der Waals surface area contributed by atoms with Crippen LogP contribution in [0.15, 0.2) is 18.3 Å². The molecule has 0 amide bonds. The first kappa shape index (κ1) is 12.0. The van der Waals surface area contributed by atoms with Crippen LogP contribution in [0.3, 0.4) is 0 Å². The van der Waals surface area contributed by atoms with Crippen molar-refractivity contribution in [2.45, 2.75) is 6.92 Å². The molecule has 0 aliphatic rings. The molecule has 82 valence electrons. The van der Waals surface area contributed by atoms with Gasteiger partial charge in [-0.3, -0.25) is 4.98 Å². The Morgan fingerprint density at radius 3 is 2.25 bits per heavy atom. The summed E-state index contributed by atoms with van der Waals surface area (Å²) >= 11 is 13.9. The topological polar surface area (TPSA) is 38.7 Å². The lowest BCUT2D eigenvalue weighted by molar-refractivity contribution is 1.13. The molecule has 0 N–H and O–H groups in total. The molecule has 0 fully saturated rings. The van der Waals surface area contributed by atoms with Crippen molar-refractivity contribution in [2.24, 2.45) is 0 Å². The minimum Gasteiger partial charge on any atom is -0.261 e. The Kier molecular flexibility index (Phi) is 3.61. The van der Waals surface area contributed by atoms with Crippen LogP contribution in [0, 0.1) is 10.5 Å². The van der Waals surface area contributed by atoms with Gasteiger partial charge in [-0.05, 0) is 41.6 Å². The van der Waals surface area contributed by atoms with E-state index < -0.39 is 0 Å². The first-order valence-electron chi connectivity index (χ1n) is 4.39. The number of nitrogens with zero attached hydrogens (tertiary/aromatic N) is 3. The van der Waals surface area contributed by atoms with E-state index in [0.717, 1.165) is 11.3 Å². The lowest BCUT2D eigenvalue weighted by Gasteiger charge is -2.03. The number of halogens is 3.